The molecule has 0 radical (unpaired) electrons. The largest absolute Gasteiger partial charge is 0.491 e. The van der Waals surface area contributed by atoms with Crippen LogP contribution in [0.15, 0.2) is 46.0 Å². The van der Waals surface area contributed by atoms with E-state index in [1.807, 2.05) is 29.6 Å². The number of rotatable bonds is 6. The molecule has 1 unspecified atom stereocenters. The lowest BCUT2D eigenvalue weighted by Crippen LogP contribution is -2.19. The molecule has 18 heavy (non-hydrogen) atoms. The molecule has 5 heteroatoms. The third kappa shape index (κ3) is 4.25. The van der Waals surface area contributed by atoms with Gasteiger partial charge in [0.15, 0.2) is 0 Å². The van der Waals surface area contributed by atoms with E-state index in [9.17, 15) is 5.11 Å². The lowest BCUT2D eigenvalue weighted by Gasteiger charge is -2.11. The summed E-state index contributed by atoms with van der Waals surface area (Å²) in [4.78, 5) is 0. The number of hydrogen-bond acceptors (Lipinski definition) is 5. The van der Waals surface area contributed by atoms with Crippen LogP contribution in [0, 0.1) is 0 Å². The number of thioether (sulfide) groups is 1. The molecular weight excluding hydrogens is 266 g/mol. The molecular formula is C13H15NO2S2. The van der Waals surface area contributed by atoms with Gasteiger partial charge in [0.1, 0.15) is 12.4 Å². The number of aliphatic hydroxyl groups excluding tert-OH is 1. The van der Waals surface area contributed by atoms with Crippen LogP contribution in [-0.4, -0.2) is 23.6 Å². The SMILES string of the molecule is Nc1cccc(OCC(O)CSc2cccs2)c1. The highest BCUT2D eigenvalue weighted by Crippen LogP contribution is 2.24. The minimum Gasteiger partial charge on any atom is -0.491 e. The Morgan fingerprint density at radius 2 is 2.22 bits per heavy atom. The van der Waals surface area contributed by atoms with Crippen LogP contribution >= 0.6 is 23.1 Å². The number of benzene rings is 1. The zero-order valence-electron chi connectivity index (χ0n) is 9.78. The predicted molar refractivity (Wildman–Crippen MR) is 77.4 cm³/mol. The Labute approximate surface area is 115 Å². The molecule has 3 N–H and O–H groups in total. The quantitative estimate of drug-likeness (QED) is 0.631. The molecule has 0 aliphatic heterocycles. The monoisotopic (exact) mass is 281 g/mol. The summed E-state index contributed by atoms with van der Waals surface area (Å²) in [5, 5.41) is 11.8. The highest BCUT2D eigenvalue weighted by Gasteiger charge is 2.07. The van der Waals surface area contributed by atoms with Crippen molar-refractivity contribution in [2.75, 3.05) is 18.1 Å². The van der Waals surface area contributed by atoms with Crippen LogP contribution < -0.4 is 10.5 Å². The van der Waals surface area contributed by atoms with Gasteiger partial charge in [0, 0.05) is 17.5 Å². The van der Waals surface area contributed by atoms with E-state index in [1.165, 1.54) is 4.21 Å². The average Bonchev–Trinajstić information content (AvgIpc) is 2.87. The van der Waals surface area contributed by atoms with Crippen LogP contribution in [0.1, 0.15) is 0 Å². The fourth-order valence-corrected chi connectivity index (χ4v) is 3.09. The van der Waals surface area contributed by atoms with Crippen molar-refractivity contribution in [1.29, 1.82) is 0 Å². The Kier molecular flexibility index (Phi) is 4.92. The van der Waals surface area contributed by atoms with Gasteiger partial charge in [-0.25, -0.2) is 0 Å². The highest BCUT2D eigenvalue weighted by molar-refractivity contribution is 8.01. The molecule has 1 heterocycles. The van der Waals surface area contributed by atoms with Crippen molar-refractivity contribution in [1.82, 2.24) is 0 Å². The highest BCUT2D eigenvalue weighted by atomic mass is 32.2. The lowest BCUT2D eigenvalue weighted by molar-refractivity contribution is 0.126. The number of hydrogen-bond donors (Lipinski definition) is 2. The van der Waals surface area contributed by atoms with Crippen molar-refractivity contribution >= 4 is 28.8 Å². The second-order valence-electron chi connectivity index (χ2n) is 3.78. The first-order chi connectivity index (χ1) is 8.74. The molecule has 3 nitrogen and oxygen atoms in total. The van der Waals surface area contributed by atoms with Crippen molar-refractivity contribution in [3.8, 4) is 5.75 Å². The standard InChI is InChI=1S/C13H15NO2S2/c14-10-3-1-4-12(7-10)16-8-11(15)9-18-13-5-2-6-17-13/h1-7,11,15H,8-9,14H2. The molecule has 96 valence electrons. The van der Waals surface area contributed by atoms with Gasteiger partial charge in [-0.2, -0.15) is 0 Å². The van der Waals surface area contributed by atoms with E-state index in [-0.39, 0.29) is 6.61 Å². The second-order valence-corrected chi connectivity index (χ2v) is 6.05. The van der Waals surface area contributed by atoms with E-state index in [2.05, 4.69) is 0 Å². The molecule has 0 saturated carbocycles. The molecule has 1 aromatic heterocycles. The number of anilines is 1. The van der Waals surface area contributed by atoms with Gasteiger partial charge in [-0.05, 0) is 23.6 Å². The maximum atomic E-state index is 9.81. The number of thiophene rings is 1. The zero-order chi connectivity index (χ0) is 12.8. The summed E-state index contributed by atoms with van der Waals surface area (Å²) in [5.74, 6) is 1.32. The molecule has 0 saturated heterocycles. The van der Waals surface area contributed by atoms with Crippen LogP contribution in [0.4, 0.5) is 5.69 Å². The molecule has 0 fully saturated rings. The summed E-state index contributed by atoms with van der Waals surface area (Å²) in [7, 11) is 0. The van der Waals surface area contributed by atoms with Crippen molar-refractivity contribution in [2.24, 2.45) is 0 Å². The third-order valence-corrected chi connectivity index (χ3v) is 4.49. The molecule has 1 aromatic carbocycles. The topological polar surface area (TPSA) is 55.5 Å². The van der Waals surface area contributed by atoms with Gasteiger partial charge >= 0.3 is 0 Å². The van der Waals surface area contributed by atoms with E-state index in [0.29, 0.717) is 17.2 Å². The summed E-state index contributed by atoms with van der Waals surface area (Å²) in [6.07, 6.45) is -0.487. The maximum Gasteiger partial charge on any atom is 0.121 e. The summed E-state index contributed by atoms with van der Waals surface area (Å²) in [6.45, 7) is 0.280. The Bertz CT molecular complexity index is 474. The van der Waals surface area contributed by atoms with Crippen molar-refractivity contribution in [2.45, 2.75) is 10.3 Å². The van der Waals surface area contributed by atoms with E-state index < -0.39 is 6.10 Å². The van der Waals surface area contributed by atoms with Crippen molar-refractivity contribution < 1.29 is 9.84 Å². The maximum absolute atomic E-state index is 9.81. The molecule has 0 bridgehead atoms. The van der Waals surface area contributed by atoms with E-state index in [1.54, 1.807) is 35.2 Å². The summed E-state index contributed by atoms with van der Waals surface area (Å²) in [6, 6.07) is 11.3. The molecule has 0 aliphatic carbocycles. The summed E-state index contributed by atoms with van der Waals surface area (Å²) >= 11 is 3.31. The fraction of sp³-hybridized carbons (Fsp3) is 0.231. The number of aliphatic hydroxyl groups is 1. The van der Waals surface area contributed by atoms with Crippen LogP contribution in [0.2, 0.25) is 0 Å². The van der Waals surface area contributed by atoms with Crippen LogP contribution in [-0.2, 0) is 0 Å². The van der Waals surface area contributed by atoms with Crippen molar-refractivity contribution in [3.05, 3.63) is 41.8 Å². The molecule has 0 spiro atoms. The smallest absolute Gasteiger partial charge is 0.121 e. The second kappa shape index (κ2) is 6.68. The third-order valence-electron chi connectivity index (χ3n) is 2.21. The van der Waals surface area contributed by atoms with Crippen LogP contribution in [0.25, 0.3) is 0 Å². The van der Waals surface area contributed by atoms with E-state index >= 15 is 0 Å². The van der Waals surface area contributed by atoms with Gasteiger partial charge in [0.2, 0.25) is 0 Å². The first kappa shape index (κ1) is 13.3. The van der Waals surface area contributed by atoms with Gasteiger partial charge in [0.05, 0.1) is 10.3 Å². The number of ether oxygens (including phenoxy) is 1. The molecule has 2 aromatic rings. The summed E-state index contributed by atoms with van der Waals surface area (Å²) in [5.41, 5.74) is 6.30. The van der Waals surface area contributed by atoms with Crippen LogP contribution in [0.3, 0.4) is 0 Å². The molecule has 0 amide bonds. The van der Waals surface area contributed by atoms with Gasteiger partial charge in [-0.1, -0.05) is 12.1 Å². The average molecular weight is 281 g/mol. The van der Waals surface area contributed by atoms with E-state index in [4.69, 9.17) is 10.5 Å². The zero-order valence-corrected chi connectivity index (χ0v) is 11.4. The van der Waals surface area contributed by atoms with Gasteiger partial charge in [0.25, 0.3) is 0 Å². The van der Waals surface area contributed by atoms with Crippen molar-refractivity contribution in [3.63, 3.8) is 0 Å². The van der Waals surface area contributed by atoms with Gasteiger partial charge in [-0.3, -0.25) is 0 Å². The molecule has 1 atom stereocenters. The Morgan fingerprint density at radius 1 is 1.33 bits per heavy atom. The molecule has 0 aliphatic rings. The van der Waals surface area contributed by atoms with Gasteiger partial charge < -0.3 is 15.6 Å². The Hall–Kier alpha value is -1.17. The number of nitrogen functional groups attached to an aromatic ring is 1. The first-order valence-electron chi connectivity index (χ1n) is 5.57. The Morgan fingerprint density at radius 3 is 2.94 bits per heavy atom. The lowest BCUT2D eigenvalue weighted by atomic mass is 10.3. The molecule has 2 rings (SSSR count). The van der Waals surface area contributed by atoms with E-state index in [0.717, 1.165) is 0 Å². The first-order valence-corrected chi connectivity index (χ1v) is 7.43. The fourth-order valence-electron chi connectivity index (χ4n) is 1.37. The van der Waals surface area contributed by atoms with Crippen LogP contribution in [0.5, 0.6) is 5.75 Å². The number of nitrogens with two attached hydrogens (primary N) is 1. The minimum atomic E-state index is -0.487. The minimum absolute atomic E-state index is 0.280. The van der Waals surface area contributed by atoms with Gasteiger partial charge in [-0.15, -0.1) is 23.1 Å². The Balaban J connectivity index is 1.73. The summed E-state index contributed by atoms with van der Waals surface area (Å²) < 4.78 is 6.69. The normalized spacial score (nSPS) is 12.3. The predicted octanol–water partition coefficient (Wildman–Crippen LogP) is 2.86.